The average molecular weight is 555 g/mol. The number of carbonyl (C=O) groups is 2. The number of aromatic nitrogens is 1. The van der Waals surface area contributed by atoms with Gasteiger partial charge in [0.15, 0.2) is 0 Å². The summed E-state index contributed by atoms with van der Waals surface area (Å²) in [5.41, 5.74) is 3.24. The number of benzene rings is 2. The maximum atomic E-state index is 12.4. The number of nitrogens with zero attached hydrogens (tertiary/aromatic N) is 1. The number of carbonyl (C=O) groups excluding carboxylic acids is 2. The normalized spacial score (nSPS) is 11.9. The van der Waals surface area contributed by atoms with Crippen LogP contribution in [-0.2, 0) is 16.1 Å². The number of nitrogens with one attached hydrogen (secondary N) is 3. The van der Waals surface area contributed by atoms with Crippen LogP contribution in [0, 0.1) is 5.41 Å². The second-order valence-corrected chi connectivity index (χ2v) is 13.3. The Kier molecular flexibility index (Phi) is 9.62. The second kappa shape index (κ2) is 12.3. The van der Waals surface area contributed by atoms with Crippen LogP contribution < -0.4 is 15.4 Å². The molecule has 38 heavy (non-hydrogen) atoms. The minimum Gasteiger partial charge on any atom is -0.447 e. The molecule has 0 saturated carbocycles. The lowest BCUT2D eigenvalue weighted by Gasteiger charge is -2.21. The van der Waals surface area contributed by atoms with Crippen molar-refractivity contribution in [1.29, 1.82) is 0 Å². The smallest absolute Gasteiger partial charge is 0.411 e. The van der Waals surface area contributed by atoms with Crippen LogP contribution in [0.4, 0.5) is 10.5 Å². The Labute approximate surface area is 234 Å². The van der Waals surface area contributed by atoms with E-state index < -0.39 is 11.5 Å². The Morgan fingerprint density at radius 3 is 2.32 bits per heavy atom. The van der Waals surface area contributed by atoms with Crippen molar-refractivity contribution in [3.05, 3.63) is 54.2 Å². The monoisotopic (exact) mass is 554 g/mol. The van der Waals surface area contributed by atoms with E-state index in [2.05, 4.69) is 59.3 Å². The molecule has 3 N–H and O–H groups in total. The minimum absolute atomic E-state index is 0.0220. The van der Waals surface area contributed by atoms with Gasteiger partial charge in [-0.2, -0.15) is 0 Å². The van der Waals surface area contributed by atoms with Gasteiger partial charge >= 0.3 is 6.09 Å². The van der Waals surface area contributed by atoms with Gasteiger partial charge in [0.2, 0.25) is 5.91 Å². The Morgan fingerprint density at radius 2 is 1.71 bits per heavy atom. The van der Waals surface area contributed by atoms with Gasteiger partial charge in [0.05, 0.1) is 11.0 Å². The van der Waals surface area contributed by atoms with Gasteiger partial charge in [-0.15, -0.1) is 11.3 Å². The third-order valence-corrected chi connectivity index (χ3v) is 7.49. The summed E-state index contributed by atoms with van der Waals surface area (Å²) in [7, 11) is 0. The minimum atomic E-state index is -0.473. The van der Waals surface area contributed by atoms with Gasteiger partial charge in [-0.3, -0.25) is 14.8 Å². The average Bonchev–Trinajstić information content (AvgIpc) is 3.30. The van der Waals surface area contributed by atoms with Crippen molar-refractivity contribution in [2.24, 2.45) is 5.41 Å². The second-order valence-electron chi connectivity index (χ2n) is 11.4. The topological polar surface area (TPSA) is 92.3 Å². The molecule has 204 valence electrons. The van der Waals surface area contributed by atoms with E-state index in [4.69, 9.17) is 4.74 Å². The molecule has 0 aliphatic heterocycles. The first-order valence-electron chi connectivity index (χ1n) is 12.6. The molecule has 0 radical (unpaired) electrons. The van der Waals surface area contributed by atoms with E-state index in [1.54, 1.807) is 23.3 Å². The fraction of sp³-hybridized carbons (Fsp3) is 0.414. The molecule has 0 spiro atoms. The highest BCUT2D eigenvalue weighted by Gasteiger charge is 2.21. The van der Waals surface area contributed by atoms with Crippen molar-refractivity contribution in [2.45, 2.75) is 78.5 Å². The van der Waals surface area contributed by atoms with Crippen LogP contribution >= 0.6 is 23.3 Å². The Balaban J connectivity index is 1.81. The quantitative estimate of drug-likeness (QED) is 0.250. The highest BCUT2D eigenvalue weighted by atomic mass is 32.2. The van der Waals surface area contributed by atoms with E-state index >= 15 is 0 Å². The molecule has 0 unspecified atom stereocenters. The molecular weight excluding hydrogens is 516 g/mol. The van der Waals surface area contributed by atoms with Gasteiger partial charge in [0.25, 0.3) is 0 Å². The first-order valence-corrected chi connectivity index (χ1v) is 14.2. The van der Waals surface area contributed by atoms with Crippen LogP contribution in [0.25, 0.3) is 21.0 Å². The lowest BCUT2D eigenvalue weighted by Crippen LogP contribution is -2.34. The maximum Gasteiger partial charge on any atom is 0.411 e. The van der Waals surface area contributed by atoms with Gasteiger partial charge in [0, 0.05) is 45.4 Å². The van der Waals surface area contributed by atoms with E-state index in [0.717, 1.165) is 31.5 Å². The highest BCUT2D eigenvalue weighted by Crippen LogP contribution is 2.38. The molecule has 3 rings (SSSR count). The van der Waals surface area contributed by atoms with Gasteiger partial charge in [0.1, 0.15) is 5.01 Å². The zero-order valence-corrected chi connectivity index (χ0v) is 25.0. The predicted octanol–water partition coefficient (Wildman–Crippen LogP) is 7.49. The summed E-state index contributed by atoms with van der Waals surface area (Å²) < 4.78 is 8.64. The van der Waals surface area contributed by atoms with E-state index in [9.17, 15) is 9.59 Å². The molecule has 9 heteroatoms. The van der Waals surface area contributed by atoms with E-state index in [1.807, 2.05) is 65.1 Å². The van der Waals surface area contributed by atoms with Crippen LogP contribution in [0.5, 0.6) is 0 Å². The summed E-state index contributed by atoms with van der Waals surface area (Å²) >= 11 is 3.19. The molecule has 0 fully saturated rings. The molecule has 1 aromatic heterocycles. The SMILES string of the molecule is CC(C)OC(=O)Nc1ccc(-c2ncc(-c3ccc(CNC(=O)C(C)(C)C)cc3SNC(C)(C)C)s2)cc1. The molecule has 2 amide bonds. The van der Waals surface area contributed by atoms with Gasteiger partial charge in [-0.1, -0.05) is 32.9 Å². The fourth-order valence-corrected chi connectivity index (χ4v) is 5.15. The Morgan fingerprint density at radius 1 is 1.03 bits per heavy atom. The zero-order valence-electron chi connectivity index (χ0n) is 23.4. The summed E-state index contributed by atoms with van der Waals surface area (Å²) in [6.07, 6.45) is 1.24. The molecule has 2 aromatic carbocycles. The van der Waals surface area contributed by atoms with E-state index in [1.165, 1.54) is 0 Å². The van der Waals surface area contributed by atoms with Gasteiger partial charge in [-0.25, -0.2) is 9.78 Å². The van der Waals surface area contributed by atoms with Crippen LogP contribution in [-0.4, -0.2) is 28.6 Å². The van der Waals surface area contributed by atoms with Crippen LogP contribution in [0.15, 0.2) is 53.6 Å². The number of rotatable bonds is 8. The van der Waals surface area contributed by atoms with E-state index in [0.29, 0.717) is 12.2 Å². The molecule has 7 nitrogen and oxygen atoms in total. The maximum absolute atomic E-state index is 12.4. The highest BCUT2D eigenvalue weighted by molar-refractivity contribution is 7.97. The first kappa shape index (κ1) is 29.7. The Bertz CT molecular complexity index is 1260. The molecule has 1 heterocycles. The van der Waals surface area contributed by atoms with E-state index in [-0.39, 0.29) is 17.6 Å². The molecule has 0 aliphatic carbocycles. The molecule has 3 aromatic rings. The van der Waals surface area contributed by atoms with Gasteiger partial charge < -0.3 is 10.1 Å². The van der Waals surface area contributed by atoms with Crippen molar-refractivity contribution in [2.75, 3.05) is 5.32 Å². The fourth-order valence-electron chi connectivity index (χ4n) is 3.21. The summed E-state index contributed by atoms with van der Waals surface area (Å²) in [4.78, 5) is 31.0. The number of anilines is 1. The summed E-state index contributed by atoms with van der Waals surface area (Å²) in [6.45, 7) is 16.2. The zero-order chi connectivity index (χ0) is 28.1. The summed E-state index contributed by atoms with van der Waals surface area (Å²) in [5, 5.41) is 6.66. The standard InChI is InChI=1S/C29H38N4O3S2/c1-18(2)36-27(35)32-21-12-10-20(11-13-21)25-30-17-24(37-25)22-14-9-19(16-31-26(34)28(3,4)5)15-23(22)38-33-29(6,7)8/h9-15,17-18,33H,16H2,1-8H3,(H,31,34)(H,32,35). The Hall–Kier alpha value is -2.88. The molecule has 0 aliphatic rings. The number of hydrogen-bond donors (Lipinski definition) is 3. The van der Waals surface area contributed by atoms with Crippen molar-refractivity contribution in [3.8, 4) is 21.0 Å². The molecular formula is C29H38N4O3S2. The summed E-state index contributed by atoms with van der Waals surface area (Å²) in [6, 6.07) is 13.8. The lowest BCUT2D eigenvalue weighted by atomic mass is 9.95. The van der Waals surface area contributed by atoms with Crippen molar-refractivity contribution >= 4 is 41.0 Å². The van der Waals surface area contributed by atoms with Crippen molar-refractivity contribution in [1.82, 2.24) is 15.0 Å². The first-order chi connectivity index (χ1) is 17.7. The van der Waals surface area contributed by atoms with Crippen LogP contribution in [0.1, 0.15) is 61.0 Å². The predicted molar refractivity (Wildman–Crippen MR) is 158 cm³/mol. The van der Waals surface area contributed by atoms with Crippen molar-refractivity contribution in [3.63, 3.8) is 0 Å². The summed E-state index contributed by atoms with van der Waals surface area (Å²) in [5.74, 6) is 0.0220. The number of amides is 2. The number of ether oxygens (including phenoxy) is 1. The van der Waals surface area contributed by atoms with Crippen LogP contribution in [0.3, 0.4) is 0 Å². The largest absolute Gasteiger partial charge is 0.447 e. The number of thiazole rings is 1. The lowest BCUT2D eigenvalue weighted by molar-refractivity contribution is -0.128. The van der Waals surface area contributed by atoms with Crippen LogP contribution in [0.2, 0.25) is 0 Å². The number of hydrogen-bond acceptors (Lipinski definition) is 7. The third kappa shape index (κ3) is 8.85. The molecule has 0 atom stereocenters. The van der Waals surface area contributed by atoms with Crippen molar-refractivity contribution < 1.29 is 14.3 Å². The van der Waals surface area contributed by atoms with Gasteiger partial charge in [-0.05, 0) is 82.5 Å². The molecule has 0 saturated heterocycles. The third-order valence-electron chi connectivity index (χ3n) is 5.14. The molecule has 0 bridgehead atoms.